The Morgan fingerprint density at radius 2 is 0.944 bits per heavy atom. The van der Waals surface area contributed by atoms with Crippen LogP contribution in [-0.2, 0) is 32.7 Å². The molecule has 0 heterocycles. The summed E-state index contributed by atoms with van der Waals surface area (Å²) in [5.74, 6) is -1.11. The average Bonchev–Trinajstić information content (AvgIpc) is 3.15. The maximum absolute atomic E-state index is 12.7. The third kappa shape index (κ3) is 24.3. The zero-order valence-corrected chi connectivity index (χ0v) is 34.2. The second kappa shape index (κ2) is 31.6. The van der Waals surface area contributed by atoms with Gasteiger partial charge in [0.25, 0.3) is 0 Å². The van der Waals surface area contributed by atoms with E-state index in [-0.39, 0.29) is 12.8 Å². The SMILES string of the molecule is CCCCCCCCCC/C=C/CCCCCC(=O)O[C@H](COC(=O)CCCCCCCCCCCC)COP(=O)(O)OC1C(O)C(O)C(O)[C@@H](O)C1O. The first-order chi connectivity index (χ1) is 25.9. The van der Waals surface area contributed by atoms with E-state index < -0.39 is 75.7 Å². The van der Waals surface area contributed by atoms with Gasteiger partial charge in [0.05, 0.1) is 6.61 Å². The quantitative estimate of drug-likeness (QED) is 0.0166. The smallest absolute Gasteiger partial charge is 0.462 e. The molecule has 14 heteroatoms. The van der Waals surface area contributed by atoms with Gasteiger partial charge in [-0.05, 0) is 38.5 Å². The number of ether oxygens (including phenoxy) is 2. The van der Waals surface area contributed by atoms with Crippen LogP contribution < -0.4 is 0 Å². The molecule has 13 nitrogen and oxygen atoms in total. The number of rotatable bonds is 34. The normalized spacial score (nSPS) is 23.3. The fourth-order valence-electron chi connectivity index (χ4n) is 6.40. The number of unbranched alkanes of at least 4 members (excludes halogenated alkanes) is 20. The van der Waals surface area contributed by atoms with E-state index in [1.165, 1.54) is 89.9 Å². The molecule has 1 fully saturated rings. The van der Waals surface area contributed by atoms with Crippen LogP contribution in [0, 0.1) is 0 Å². The molecule has 1 aliphatic carbocycles. The molecule has 6 unspecified atom stereocenters. The van der Waals surface area contributed by atoms with E-state index in [1.54, 1.807) is 0 Å². The van der Waals surface area contributed by atoms with Crippen LogP contribution in [0.1, 0.15) is 174 Å². The van der Waals surface area contributed by atoms with E-state index in [0.717, 1.165) is 44.9 Å². The number of aliphatic hydroxyl groups excluding tert-OH is 5. The number of carbonyl (C=O) groups is 2. The third-order valence-corrected chi connectivity index (χ3v) is 10.8. The molecule has 0 saturated heterocycles. The Morgan fingerprint density at radius 1 is 0.556 bits per heavy atom. The van der Waals surface area contributed by atoms with E-state index in [2.05, 4.69) is 26.0 Å². The van der Waals surface area contributed by atoms with E-state index in [4.69, 9.17) is 18.5 Å². The first kappa shape index (κ1) is 50.6. The maximum atomic E-state index is 12.7. The minimum Gasteiger partial charge on any atom is -0.462 e. The molecule has 8 atom stereocenters. The summed E-state index contributed by atoms with van der Waals surface area (Å²) in [7, 11) is -5.11. The molecule has 0 bridgehead atoms. The lowest BCUT2D eigenvalue weighted by atomic mass is 9.85. The molecule has 0 amide bonds. The summed E-state index contributed by atoms with van der Waals surface area (Å²) < 4.78 is 33.4. The van der Waals surface area contributed by atoms with Gasteiger partial charge in [0, 0.05) is 12.8 Å². The van der Waals surface area contributed by atoms with E-state index in [1.807, 2.05) is 0 Å². The van der Waals surface area contributed by atoms with Crippen molar-refractivity contribution in [3.63, 3.8) is 0 Å². The number of hydrogen-bond acceptors (Lipinski definition) is 12. The van der Waals surface area contributed by atoms with Gasteiger partial charge in [-0.15, -0.1) is 0 Å². The van der Waals surface area contributed by atoms with Crippen LogP contribution in [0.3, 0.4) is 0 Å². The zero-order chi connectivity index (χ0) is 40.0. The molecule has 0 radical (unpaired) electrons. The number of allylic oxidation sites excluding steroid dienone is 2. The molecule has 1 saturated carbocycles. The van der Waals surface area contributed by atoms with Gasteiger partial charge in [-0.2, -0.15) is 0 Å². The highest BCUT2D eigenvalue weighted by Crippen LogP contribution is 2.47. The molecule has 0 aromatic carbocycles. The van der Waals surface area contributed by atoms with Crippen molar-refractivity contribution in [2.45, 2.75) is 217 Å². The Balaban J connectivity index is 2.51. The van der Waals surface area contributed by atoms with E-state index >= 15 is 0 Å². The third-order valence-electron chi connectivity index (χ3n) is 9.86. The highest BCUT2D eigenvalue weighted by Gasteiger charge is 2.51. The summed E-state index contributed by atoms with van der Waals surface area (Å²) in [5.41, 5.74) is 0. The van der Waals surface area contributed by atoms with Crippen molar-refractivity contribution in [1.82, 2.24) is 0 Å². The van der Waals surface area contributed by atoms with Crippen molar-refractivity contribution in [2.75, 3.05) is 13.2 Å². The predicted molar refractivity (Wildman–Crippen MR) is 207 cm³/mol. The molecule has 0 aromatic rings. The molecule has 54 heavy (non-hydrogen) atoms. The lowest BCUT2D eigenvalue weighted by Gasteiger charge is -2.41. The summed E-state index contributed by atoms with van der Waals surface area (Å²) >= 11 is 0. The van der Waals surface area contributed by atoms with Gasteiger partial charge in [0.2, 0.25) is 0 Å². The average molecular weight is 795 g/mol. The minimum absolute atomic E-state index is 0.0802. The first-order valence-corrected chi connectivity index (χ1v) is 22.5. The lowest BCUT2D eigenvalue weighted by Crippen LogP contribution is -2.64. The van der Waals surface area contributed by atoms with Gasteiger partial charge in [-0.3, -0.25) is 18.6 Å². The van der Waals surface area contributed by atoms with E-state index in [9.17, 15) is 44.6 Å². The number of hydrogen-bond donors (Lipinski definition) is 6. The standard InChI is InChI=1S/C40H75O13P/c1-3-5-7-9-11-13-15-16-17-18-19-21-23-25-27-29-34(42)52-32(30-50-33(41)28-26-24-22-20-14-12-10-8-6-4-2)31-51-54(48,49)53-40-38(46)36(44)35(43)37(45)39(40)47/h18-19,32,35-40,43-47H,3-17,20-31H2,1-2H3,(H,48,49)/b19-18+/t32-,35?,36-,37?,38?,39?,40?/m1/s1. The summed E-state index contributed by atoms with van der Waals surface area (Å²) in [6, 6.07) is 0. The Kier molecular flexibility index (Phi) is 29.7. The topological polar surface area (TPSA) is 210 Å². The van der Waals surface area contributed by atoms with Crippen molar-refractivity contribution in [3.05, 3.63) is 12.2 Å². The first-order valence-electron chi connectivity index (χ1n) is 21.0. The molecule has 0 aliphatic heterocycles. The van der Waals surface area contributed by atoms with Crippen LogP contribution in [0.5, 0.6) is 0 Å². The number of esters is 2. The van der Waals surface area contributed by atoms with Crippen LogP contribution in [-0.4, -0.2) is 98.3 Å². The van der Waals surface area contributed by atoms with Crippen LogP contribution >= 0.6 is 7.82 Å². The van der Waals surface area contributed by atoms with Gasteiger partial charge in [0.1, 0.15) is 43.2 Å². The molecule has 0 aromatic heterocycles. The number of carbonyl (C=O) groups excluding carboxylic acids is 2. The van der Waals surface area contributed by atoms with Crippen molar-refractivity contribution >= 4 is 19.8 Å². The second-order valence-corrected chi connectivity index (χ2v) is 16.3. The Bertz CT molecular complexity index is 1010. The molecular formula is C40H75O13P. The van der Waals surface area contributed by atoms with Gasteiger partial charge in [0.15, 0.2) is 6.10 Å². The van der Waals surface area contributed by atoms with Crippen LogP contribution in [0.25, 0.3) is 0 Å². The highest BCUT2D eigenvalue weighted by molar-refractivity contribution is 7.47. The zero-order valence-electron chi connectivity index (χ0n) is 33.3. The van der Waals surface area contributed by atoms with Crippen molar-refractivity contribution in [1.29, 1.82) is 0 Å². The number of phosphoric ester groups is 1. The Morgan fingerprint density at radius 3 is 1.43 bits per heavy atom. The van der Waals surface area contributed by atoms with Gasteiger partial charge in [-0.25, -0.2) is 4.57 Å². The second-order valence-electron chi connectivity index (χ2n) is 14.8. The summed E-state index contributed by atoms with van der Waals surface area (Å²) in [4.78, 5) is 35.5. The largest absolute Gasteiger partial charge is 0.472 e. The van der Waals surface area contributed by atoms with Crippen molar-refractivity contribution < 1.29 is 63.1 Å². The monoisotopic (exact) mass is 794 g/mol. The molecule has 318 valence electrons. The molecule has 0 spiro atoms. The summed E-state index contributed by atoms with van der Waals surface area (Å²) in [6.45, 7) is 3.25. The fraction of sp³-hybridized carbons (Fsp3) is 0.900. The van der Waals surface area contributed by atoms with Crippen LogP contribution in [0.2, 0.25) is 0 Å². The molecule has 6 N–H and O–H groups in total. The minimum atomic E-state index is -5.11. The van der Waals surface area contributed by atoms with Crippen molar-refractivity contribution in [2.24, 2.45) is 0 Å². The molecule has 1 rings (SSSR count). The predicted octanol–water partition coefficient (Wildman–Crippen LogP) is 7.11. The summed E-state index contributed by atoms with van der Waals surface area (Å²) in [6.07, 6.45) is 17.2. The number of aliphatic hydroxyl groups is 5. The van der Waals surface area contributed by atoms with Crippen molar-refractivity contribution in [3.8, 4) is 0 Å². The van der Waals surface area contributed by atoms with Crippen LogP contribution in [0.4, 0.5) is 0 Å². The van der Waals surface area contributed by atoms with Gasteiger partial charge >= 0.3 is 19.8 Å². The van der Waals surface area contributed by atoms with Gasteiger partial charge < -0.3 is 39.9 Å². The Hall–Kier alpha value is -1.41. The Labute approximate surface area is 324 Å². The highest BCUT2D eigenvalue weighted by atomic mass is 31.2. The fourth-order valence-corrected chi connectivity index (χ4v) is 7.37. The van der Waals surface area contributed by atoms with Gasteiger partial charge in [-0.1, -0.05) is 135 Å². The molecule has 1 aliphatic rings. The van der Waals surface area contributed by atoms with E-state index in [0.29, 0.717) is 12.8 Å². The molecular weight excluding hydrogens is 719 g/mol. The number of phosphoric acid groups is 1. The maximum Gasteiger partial charge on any atom is 0.472 e. The summed E-state index contributed by atoms with van der Waals surface area (Å²) in [5, 5.41) is 50.0. The lowest BCUT2D eigenvalue weighted by molar-refractivity contribution is -0.220. The van der Waals surface area contributed by atoms with Crippen LogP contribution in [0.15, 0.2) is 12.2 Å².